The molecule has 0 aliphatic rings. The molecule has 0 spiro atoms. The van der Waals surface area contributed by atoms with Crippen LogP contribution in [0.3, 0.4) is 0 Å². The minimum absolute atomic E-state index is 0.547. The van der Waals surface area contributed by atoms with Gasteiger partial charge in [0.25, 0.3) is 0 Å². The Kier molecular flexibility index (Phi) is 5.86. The number of hydrogen-bond donors (Lipinski definition) is 1. The van der Waals surface area contributed by atoms with Crippen LogP contribution >= 0.6 is 11.6 Å². The van der Waals surface area contributed by atoms with E-state index in [0.717, 1.165) is 37.3 Å². The maximum atomic E-state index is 6.29. The molecule has 0 aliphatic heterocycles. The third kappa shape index (κ3) is 3.80. The fourth-order valence-electron chi connectivity index (χ4n) is 1.82. The Labute approximate surface area is 104 Å². The van der Waals surface area contributed by atoms with Gasteiger partial charge in [-0.1, -0.05) is 37.6 Å². The fourth-order valence-corrected chi connectivity index (χ4v) is 2.21. The number of hydrogen-bond acceptors (Lipinski definition) is 1. The highest BCUT2D eigenvalue weighted by atomic mass is 35.5. The van der Waals surface area contributed by atoms with E-state index in [1.165, 1.54) is 11.1 Å². The monoisotopic (exact) mass is 239 g/mol. The van der Waals surface area contributed by atoms with Crippen molar-refractivity contribution in [2.45, 2.75) is 45.4 Å². The summed E-state index contributed by atoms with van der Waals surface area (Å²) in [6.45, 7) is 5.18. The lowest BCUT2D eigenvalue weighted by Gasteiger charge is -2.12. The van der Waals surface area contributed by atoms with E-state index in [9.17, 15) is 0 Å². The number of nitrogens with two attached hydrogens (primary N) is 1. The highest BCUT2D eigenvalue weighted by molar-refractivity contribution is 6.31. The second-order valence-electron chi connectivity index (χ2n) is 4.41. The van der Waals surface area contributed by atoms with Gasteiger partial charge < -0.3 is 5.73 Å². The van der Waals surface area contributed by atoms with Gasteiger partial charge in [0.15, 0.2) is 0 Å². The normalized spacial score (nSPS) is 12.8. The molecule has 0 saturated carbocycles. The molecule has 0 saturated heterocycles. The van der Waals surface area contributed by atoms with E-state index in [1.807, 2.05) is 0 Å². The van der Waals surface area contributed by atoms with Gasteiger partial charge in [-0.05, 0) is 55.3 Å². The Balaban J connectivity index is 2.67. The van der Waals surface area contributed by atoms with Crippen LogP contribution in [0.5, 0.6) is 0 Å². The van der Waals surface area contributed by atoms with Crippen LogP contribution < -0.4 is 5.73 Å². The average molecular weight is 240 g/mol. The molecule has 1 aromatic rings. The van der Waals surface area contributed by atoms with Crippen LogP contribution in [0.2, 0.25) is 5.02 Å². The van der Waals surface area contributed by atoms with Gasteiger partial charge in [-0.15, -0.1) is 0 Å². The second kappa shape index (κ2) is 6.93. The zero-order valence-electron chi connectivity index (χ0n) is 10.3. The molecule has 1 nitrogen and oxygen atoms in total. The van der Waals surface area contributed by atoms with Gasteiger partial charge in [0.2, 0.25) is 0 Å². The van der Waals surface area contributed by atoms with Gasteiger partial charge in [0.05, 0.1) is 0 Å². The summed E-state index contributed by atoms with van der Waals surface area (Å²) in [6.07, 6.45) is 4.45. The summed E-state index contributed by atoms with van der Waals surface area (Å²) >= 11 is 6.29. The predicted octanol–water partition coefficient (Wildman–Crippen LogP) is 4.13. The molecule has 1 atom stereocenters. The van der Waals surface area contributed by atoms with Crippen LogP contribution in [0.4, 0.5) is 0 Å². The van der Waals surface area contributed by atoms with Crippen molar-refractivity contribution in [1.29, 1.82) is 0 Å². The second-order valence-corrected chi connectivity index (χ2v) is 4.82. The van der Waals surface area contributed by atoms with Crippen LogP contribution in [-0.4, -0.2) is 6.54 Å². The van der Waals surface area contributed by atoms with Gasteiger partial charge in [-0.2, -0.15) is 0 Å². The maximum absolute atomic E-state index is 6.29. The third-order valence-electron chi connectivity index (χ3n) is 3.13. The van der Waals surface area contributed by atoms with Crippen molar-refractivity contribution in [1.82, 2.24) is 0 Å². The van der Waals surface area contributed by atoms with Gasteiger partial charge in [-0.3, -0.25) is 0 Å². The Bertz CT molecular complexity index is 323. The van der Waals surface area contributed by atoms with Gasteiger partial charge >= 0.3 is 0 Å². The Morgan fingerprint density at radius 2 is 2.06 bits per heavy atom. The van der Waals surface area contributed by atoms with Crippen LogP contribution in [0, 0.1) is 0 Å². The molecule has 90 valence electrons. The van der Waals surface area contributed by atoms with E-state index in [0.29, 0.717) is 5.92 Å². The first-order chi connectivity index (χ1) is 7.69. The zero-order chi connectivity index (χ0) is 12.0. The minimum Gasteiger partial charge on any atom is -0.330 e. The van der Waals surface area contributed by atoms with Crippen LogP contribution in [0.25, 0.3) is 0 Å². The van der Waals surface area contributed by atoms with E-state index in [-0.39, 0.29) is 0 Å². The van der Waals surface area contributed by atoms with Crippen molar-refractivity contribution in [2.75, 3.05) is 6.54 Å². The lowest BCUT2D eigenvalue weighted by molar-refractivity contribution is 0.728. The number of halogens is 1. The molecule has 0 radical (unpaired) electrons. The first kappa shape index (κ1) is 13.5. The smallest absolute Gasteiger partial charge is 0.0443 e. The summed E-state index contributed by atoms with van der Waals surface area (Å²) in [5, 5.41) is 0.916. The summed E-state index contributed by atoms with van der Waals surface area (Å²) in [7, 11) is 0. The summed E-state index contributed by atoms with van der Waals surface area (Å²) in [6, 6.07) is 6.48. The zero-order valence-corrected chi connectivity index (χ0v) is 11.1. The van der Waals surface area contributed by atoms with Crippen molar-refractivity contribution in [3.63, 3.8) is 0 Å². The topological polar surface area (TPSA) is 26.0 Å². The van der Waals surface area contributed by atoms with Crippen LogP contribution in [0.1, 0.15) is 50.2 Å². The lowest BCUT2D eigenvalue weighted by atomic mass is 9.96. The molecule has 0 aliphatic carbocycles. The Morgan fingerprint density at radius 1 is 1.31 bits per heavy atom. The predicted molar refractivity (Wildman–Crippen MR) is 72.2 cm³/mol. The summed E-state index contributed by atoms with van der Waals surface area (Å²) in [5.74, 6) is 0.547. The molecular formula is C14H22ClN. The Hall–Kier alpha value is -0.530. The highest BCUT2D eigenvalue weighted by Crippen LogP contribution is 2.27. The summed E-state index contributed by atoms with van der Waals surface area (Å²) < 4.78 is 0. The minimum atomic E-state index is 0.547. The van der Waals surface area contributed by atoms with E-state index >= 15 is 0 Å². The molecule has 0 aromatic heterocycles. The maximum Gasteiger partial charge on any atom is 0.0443 e. The quantitative estimate of drug-likeness (QED) is 0.742. The van der Waals surface area contributed by atoms with Crippen LogP contribution in [0.15, 0.2) is 18.2 Å². The molecule has 2 heteroatoms. The number of rotatable bonds is 6. The van der Waals surface area contributed by atoms with Crippen molar-refractivity contribution in [3.05, 3.63) is 34.3 Å². The van der Waals surface area contributed by atoms with Gasteiger partial charge in [-0.25, -0.2) is 0 Å². The summed E-state index contributed by atoms with van der Waals surface area (Å²) in [4.78, 5) is 0. The summed E-state index contributed by atoms with van der Waals surface area (Å²) in [5.41, 5.74) is 8.07. The van der Waals surface area contributed by atoms with Crippen molar-refractivity contribution in [3.8, 4) is 0 Å². The number of aryl methyl sites for hydroxylation is 1. The fraction of sp³-hybridized carbons (Fsp3) is 0.571. The average Bonchev–Trinajstić information content (AvgIpc) is 2.29. The number of benzene rings is 1. The highest BCUT2D eigenvalue weighted by Gasteiger charge is 2.08. The molecule has 0 fully saturated rings. The van der Waals surface area contributed by atoms with Gasteiger partial charge in [0.1, 0.15) is 0 Å². The van der Waals surface area contributed by atoms with Crippen molar-refractivity contribution in [2.24, 2.45) is 5.73 Å². The van der Waals surface area contributed by atoms with Crippen LogP contribution in [-0.2, 0) is 6.42 Å². The molecular weight excluding hydrogens is 218 g/mol. The van der Waals surface area contributed by atoms with E-state index in [2.05, 4.69) is 32.0 Å². The standard InChI is InChI=1S/C14H22ClN/c1-3-11(2)13-8-7-12(10-14(13)15)6-4-5-9-16/h7-8,10-11H,3-6,9,16H2,1-2H3. The molecule has 0 bridgehead atoms. The Morgan fingerprint density at radius 3 is 2.62 bits per heavy atom. The molecule has 1 unspecified atom stereocenters. The first-order valence-corrected chi connectivity index (χ1v) is 6.55. The van der Waals surface area contributed by atoms with E-state index in [1.54, 1.807) is 0 Å². The van der Waals surface area contributed by atoms with E-state index in [4.69, 9.17) is 17.3 Å². The molecule has 2 N–H and O–H groups in total. The lowest BCUT2D eigenvalue weighted by Crippen LogP contribution is -1.99. The molecule has 1 rings (SSSR count). The van der Waals surface area contributed by atoms with Gasteiger partial charge in [0, 0.05) is 5.02 Å². The van der Waals surface area contributed by atoms with E-state index < -0.39 is 0 Å². The van der Waals surface area contributed by atoms with Crippen molar-refractivity contribution >= 4 is 11.6 Å². The molecule has 16 heavy (non-hydrogen) atoms. The first-order valence-electron chi connectivity index (χ1n) is 6.17. The molecule has 0 amide bonds. The molecule has 1 aromatic carbocycles. The third-order valence-corrected chi connectivity index (χ3v) is 3.46. The van der Waals surface area contributed by atoms with Crippen molar-refractivity contribution < 1.29 is 0 Å². The largest absolute Gasteiger partial charge is 0.330 e. The molecule has 0 heterocycles. The number of unbranched alkanes of at least 4 members (excludes halogenated alkanes) is 1. The SMILES string of the molecule is CCC(C)c1ccc(CCCCN)cc1Cl.